The number of fused-ring (bicyclic) bond motifs is 1. The minimum absolute atomic E-state index is 0.0679. The van der Waals surface area contributed by atoms with E-state index in [2.05, 4.69) is 31.2 Å². The summed E-state index contributed by atoms with van der Waals surface area (Å²) in [5.74, 6) is 0.0679. The second kappa shape index (κ2) is 9.20. The molecule has 3 heterocycles. The van der Waals surface area contributed by atoms with E-state index in [-0.39, 0.29) is 5.91 Å². The molecule has 1 aliphatic heterocycles. The average Bonchev–Trinajstić information content (AvgIpc) is 2.74. The van der Waals surface area contributed by atoms with Crippen LogP contribution in [0.15, 0.2) is 54.9 Å². The van der Waals surface area contributed by atoms with Crippen molar-refractivity contribution in [2.24, 2.45) is 0 Å². The molecule has 4 rings (SSSR count). The van der Waals surface area contributed by atoms with Crippen molar-refractivity contribution in [1.82, 2.24) is 20.2 Å². The van der Waals surface area contributed by atoms with Crippen LogP contribution in [-0.2, 0) is 11.2 Å². The second-order valence-corrected chi connectivity index (χ2v) is 7.61. The van der Waals surface area contributed by atoms with E-state index in [0.717, 1.165) is 49.2 Å². The zero-order valence-electron chi connectivity index (χ0n) is 16.2. The number of carbonyl (C=O) groups is 1. The molecule has 1 fully saturated rings. The number of halogens is 1. The van der Waals surface area contributed by atoms with Crippen LogP contribution in [0.4, 0.5) is 5.69 Å². The van der Waals surface area contributed by atoms with Crippen LogP contribution in [0.5, 0.6) is 0 Å². The summed E-state index contributed by atoms with van der Waals surface area (Å²) < 4.78 is 0. The van der Waals surface area contributed by atoms with Crippen molar-refractivity contribution in [3.63, 3.8) is 0 Å². The highest BCUT2D eigenvalue weighted by Crippen LogP contribution is 2.28. The Hall–Kier alpha value is -2.70. The number of carbonyl (C=O) groups excluding carboxylic acids is 1. The van der Waals surface area contributed by atoms with Gasteiger partial charge in [0.1, 0.15) is 0 Å². The quantitative estimate of drug-likeness (QED) is 0.678. The van der Waals surface area contributed by atoms with E-state index in [1.54, 1.807) is 6.20 Å². The van der Waals surface area contributed by atoms with Crippen LogP contribution < -0.4 is 10.2 Å². The minimum atomic E-state index is 0.0679. The Kier molecular flexibility index (Phi) is 6.22. The number of pyridine rings is 2. The van der Waals surface area contributed by atoms with Crippen LogP contribution in [-0.4, -0.2) is 60.0 Å². The fourth-order valence-electron chi connectivity index (χ4n) is 3.66. The number of anilines is 1. The van der Waals surface area contributed by atoms with Crippen LogP contribution in [0.2, 0.25) is 5.02 Å². The number of aromatic nitrogens is 2. The molecular formula is C22H24ClN5O. The molecule has 1 N–H and O–H groups in total. The lowest BCUT2D eigenvalue weighted by atomic mass is 10.1. The molecule has 150 valence electrons. The number of rotatable bonds is 6. The fourth-order valence-corrected chi connectivity index (χ4v) is 3.83. The second-order valence-electron chi connectivity index (χ2n) is 7.18. The van der Waals surface area contributed by atoms with Gasteiger partial charge in [0.05, 0.1) is 12.1 Å². The summed E-state index contributed by atoms with van der Waals surface area (Å²) in [6.45, 7) is 4.51. The first-order chi connectivity index (χ1) is 14.2. The molecule has 0 spiro atoms. The summed E-state index contributed by atoms with van der Waals surface area (Å²) in [7, 11) is 0. The number of nitrogens with zero attached hydrogens (tertiary/aromatic N) is 4. The number of nitrogens with one attached hydrogen (secondary N) is 1. The van der Waals surface area contributed by atoms with Gasteiger partial charge in [-0.15, -0.1) is 0 Å². The monoisotopic (exact) mass is 409 g/mol. The number of hydrogen-bond acceptors (Lipinski definition) is 5. The van der Waals surface area contributed by atoms with Crippen molar-refractivity contribution in [3.8, 4) is 0 Å². The molecule has 3 aromatic rings. The summed E-state index contributed by atoms with van der Waals surface area (Å²) >= 11 is 6.09. The molecule has 7 heteroatoms. The van der Waals surface area contributed by atoms with Crippen molar-refractivity contribution < 1.29 is 4.79 Å². The minimum Gasteiger partial charge on any atom is -0.368 e. The Morgan fingerprint density at radius 3 is 2.69 bits per heavy atom. The van der Waals surface area contributed by atoms with Gasteiger partial charge in [-0.25, -0.2) is 0 Å². The first-order valence-corrected chi connectivity index (χ1v) is 10.2. The topological polar surface area (TPSA) is 61.4 Å². The predicted molar refractivity (Wildman–Crippen MR) is 116 cm³/mol. The van der Waals surface area contributed by atoms with Gasteiger partial charge in [0.15, 0.2) is 0 Å². The van der Waals surface area contributed by atoms with Crippen LogP contribution >= 0.6 is 11.6 Å². The van der Waals surface area contributed by atoms with Gasteiger partial charge in [-0.05, 0) is 36.4 Å². The van der Waals surface area contributed by atoms with E-state index in [1.165, 1.54) is 5.69 Å². The molecular weight excluding hydrogens is 386 g/mol. The highest BCUT2D eigenvalue weighted by atomic mass is 35.5. The molecule has 1 aliphatic rings. The molecule has 0 bridgehead atoms. The number of hydrogen-bond donors (Lipinski definition) is 1. The Morgan fingerprint density at radius 2 is 1.90 bits per heavy atom. The zero-order valence-corrected chi connectivity index (χ0v) is 17.0. The third-order valence-corrected chi connectivity index (χ3v) is 5.43. The fraction of sp³-hybridized carbons (Fsp3) is 0.318. The Balaban J connectivity index is 1.27. The molecule has 1 saturated heterocycles. The summed E-state index contributed by atoms with van der Waals surface area (Å²) in [4.78, 5) is 25.5. The lowest BCUT2D eigenvalue weighted by Gasteiger charge is -2.36. The standard InChI is InChI=1S/C22H24ClN5O/c23-17-4-5-19-20(15-17)25-10-7-21(19)28-13-11-27(12-14-28)16-22(29)26-9-6-18-3-1-2-8-24-18/h1-5,7-8,10,15H,6,9,11-14,16H2,(H,26,29). The van der Waals surface area contributed by atoms with Gasteiger partial charge < -0.3 is 10.2 Å². The van der Waals surface area contributed by atoms with E-state index in [0.29, 0.717) is 18.1 Å². The molecule has 0 radical (unpaired) electrons. The lowest BCUT2D eigenvalue weighted by Crippen LogP contribution is -2.49. The smallest absolute Gasteiger partial charge is 0.234 e. The SMILES string of the molecule is O=C(CN1CCN(c2ccnc3cc(Cl)ccc23)CC1)NCCc1ccccn1. The molecule has 2 aromatic heterocycles. The van der Waals surface area contributed by atoms with Gasteiger partial charge in [0.25, 0.3) is 0 Å². The first-order valence-electron chi connectivity index (χ1n) is 9.87. The predicted octanol–water partition coefficient (Wildman–Crippen LogP) is 2.76. The van der Waals surface area contributed by atoms with Crippen molar-refractivity contribution in [2.75, 3.05) is 44.2 Å². The maximum absolute atomic E-state index is 12.3. The number of piperazine rings is 1. The summed E-state index contributed by atoms with van der Waals surface area (Å²) in [6, 6.07) is 13.7. The third kappa shape index (κ3) is 5.02. The van der Waals surface area contributed by atoms with E-state index in [4.69, 9.17) is 11.6 Å². The van der Waals surface area contributed by atoms with Gasteiger partial charge in [0.2, 0.25) is 5.91 Å². The third-order valence-electron chi connectivity index (χ3n) is 5.19. The van der Waals surface area contributed by atoms with Gasteiger partial charge >= 0.3 is 0 Å². The lowest BCUT2D eigenvalue weighted by molar-refractivity contribution is -0.122. The van der Waals surface area contributed by atoms with E-state index < -0.39 is 0 Å². The Bertz CT molecular complexity index is 973. The Labute approximate surface area is 175 Å². The van der Waals surface area contributed by atoms with Crippen molar-refractivity contribution in [3.05, 3.63) is 65.6 Å². The highest BCUT2D eigenvalue weighted by Gasteiger charge is 2.20. The first kappa shape index (κ1) is 19.6. The van der Waals surface area contributed by atoms with Gasteiger partial charge in [0, 0.05) is 73.3 Å². The summed E-state index contributed by atoms with van der Waals surface area (Å²) in [6.07, 6.45) is 4.35. The van der Waals surface area contributed by atoms with Gasteiger partial charge in [-0.1, -0.05) is 17.7 Å². The summed E-state index contributed by atoms with van der Waals surface area (Å²) in [5.41, 5.74) is 3.07. The van der Waals surface area contributed by atoms with Crippen molar-refractivity contribution in [2.45, 2.75) is 6.42 Å². The highest BCUT2D eigenvalue weighted by molar-refractivity contribution is 6.31. The van der Waals surface area contributed by atoms with Crippen LogP contribution in [0, 0.1) is 0 Å². The van der Waals surface area contributed by atoms with Crippen molar-refractivity contribution in [1.29, 1.82) is 0 Å². The summed E-state index contributed by atoms with van der Waals surface area (Å²) in [5, 5.41) is 4.80. The molecule has 1 aromatic carbocycles. The zero-order chi connectivity index (χ0) is 20.1. The normalized spacial score (nSPS) is 14.9. The largest absolute Gasteiger partial charge is 0.368 e. The molecule has 0 saturated carbocycles. The molecule has 0 atom stereocenters. The Morgan fingerprint density at radius 1 is 1.03 bits per heavy atom. The average molecular weight is 410 g/mol. The van der Waals surface area contributed by atoms with E-state index in [1.807, 2.05) is 42.6 Å². The molecule has 0 aliphatic carbocycles. The molecule has 29 heavy (non-hydrogen) atoms. The molecule has 1 amide bonds. The number of benzene rings is 1. The van der Waals surface area contributed by atoms with Gasteiger partial charge in [-0.3, -0.25) is 19.7 Å². The van der Waals surface area contributed by atoms with Crippen LogP contribution in [0.3, 0.4) is 0 Å². The molecule has 0 unspecified atom stereocenters. The van der Waals surface area contributed by atoms with E-state index >= 15 is 0 Å². The maximum Gasteiger partial charge on any atom is 0.234 e. The van der Waals surface area contributed by atoms with Crippen LogP contribution in [0.1, 0.15) is 5.69 Å². The van der Waals surface area contributed by atoms with Crippen molar-refractivity contribution >= 4 is 34.1 Å². The molecule has 6 nitrogen and oxygen atoms in total. The maximum atomic E-state index is 12.3. The van der Waals surface area contributed by atoms with Crippen LogP contribution in [0.25, 0.3) is 10.9 Å². The van der Waals surface area contributed by atoms with E-state index in [9.17, 15) is 4.79 Å². The number of amides is 1. The van der Waals surface area contributed by atoms with Gasteiger partial charge in [-0.2, -0.15) is 0 Å².